The number of aliphatic hydroxyl groups excluding tert-OH is 1. The van der Waals surface area contributed by atoms with E-state index < -0.39 is 24.5 Å². The van der Waals surface area contributed by atoms with Crippen molar-refractivity contribution in [3.63, 3.8) is 0 Å². The Morgan fingerprint density at radius 3 is 1.90 bits per heavy atom. The third-order valence-corrected chi connectivity index (χ3v) is 0.632. The molecule has 0 saturated carbocycles. The van der Waals surface area contributed by atoms with Crippen LogP contribution in [0.15, 0.2) is 0 Å². The third-order valence-electron chi connectivity index (χ3n) is 0.632. The largest absolute Gasteiger partial charge is 2.00 e. The van der Waals surface area contributed by atoms with Gasteiger partial charge >= 0.3 is 17.1 Å². The standard InChI is InChI=1S/C4H6O5.Cu/c5-2(4(8)9)1-3(6)7;/h2,5H,1H2,(H,6,7)(H,8,9);/q;+2/p-2. The minimum absolute atomic E-state index is 0. The van der Waals surface area contributed by atoms with E-state index in [2.05, 4.69) is 0 Å². The molecule has 1 atom stereocenters. The van der Waals surface area contributed by atoms with Crippen LogP contribution >= 0.6 is 0 Å². The van der Waals surface area contributed by atoms with E-state index in [-0.39, 0.29) is 17.1 Å². The van der Waals surface area contributed by atoms with Crippen LogP contribution in [0, 0.1) is 0 Å². The average Bonchev–Trinajstić information content (AvgIpc) is 1.63. The Labute approximate surface area is 67.1 Å². The van der Waals surface area contributed by atoms with E-state index in [4.69, 9.17) is 5.11 Å². The molecule has 5 nitrogen and oxygen atoms in total. The molecule has 0 aliphatic rings. The van der Waals surface area contributed by atoms with Crippen molar-refractivity contribution < 1.29 is 42.0 Å². The molecule has 0 aliphatic carbocycles. The second-order valence-electron chi connectivity index (χ2n) is 1.41. The quantitative estimate of drug-likeness (QED) is 0.466. The van der Waals surface area contributed by atoms with Gasteiger partial charge < -0.3 is 24.9 Å². The van der Waals surface area contributed by atoms with Crippen molar-refractivity contribution in [2.75, 3.05) is 0 Å². The maximum absolute atomic E-state index is 9.58. The van der Waals surface area contributed by atoms with E-state index >= 15 is 0 Å². The molecule has 0 saturated heterocycles. The first-order valence-corrected chi connectivity index (χ1v) is 2.13. The van der Waals surface area contributed by atoms with Gasteiger partial charge in [-0.15, -0.1) is 0 Å². The predicted octanol–water partition coefficient (Wildman–Crippen LogP) is -3.77. The van der Waals surface area contributed by atoms with E-state index in [1.54, 1.807) is 0 Å². The number of aliphatic carboxylic acids is 2. The van der Waals surface area contributed by atoms with Gasteiger partial charge in [-0.2, -0.15) is 0 Å². The number of carboxylic acid groups (broad SMARTS) is 2. The zero-order chi connectivity index (χ0) is 7.44. The summed E-state index contributed by atoms with van der Waals surface area (Å²) in [4.78, 5) is 19.1. The molecule has 0 aromatic rings. The smallest absolute Gasteiger partial charge is 0.550 e. The summed E-state index contributed by atoms with van der Waals surface area (Å²) >= 11 is 0. The van der Waals surface area contributed by atoms with Gasteiger partial charge in [-0.05, 0) is 0 Å². The van der Waals surface area contributed by atoms with E-state index in [0.717, 1.165) is 0 Å². The molecule has 1 N–H and O–H groups in total. The number of hydrogen-bond donors (Lipinski definition) is 1. The first kappa shape index (κ1) is 12.1. The van der Waals surface area contributed by atoms with Gasteiger partial charge in [0.25, 0.3) is 0 Å². The molecular formula is C4H4CuO5. The molecule has 0 aliphatic heterocycles. The van der Waals surface area contributed by atoms with Crippen LogP contribution in [0.2, 0.25) is 0 Å². The topological polar surface area (TPSA) is 100 Å². The summed E-state index contributed by atoms with van der Waals surface area (Å²) in [6, 6.07) is 0. The molecule has 0 aromatic carbocycles. The Balaban J connectivity index is 0. The molecule has 10 heavy (non-hydrogen) atoms. The summed E-state index contributed by atoms with van der Waals surface area (Å²) in [7, 11) is 0. The zero-order valence-electron chi connectivity index (χ0n) is 4.67. The van der Waals surface area contributed by atoms with Gasteiger partial charge in [-0.3, -0.25) is 0 Å². The first-order valence-electron chi connectivity index (χ1n) is 2.13. The Bertz CT molecular complexity index is 134. The van der Waals surface area contributed by atoms with Crippen molar-refractivity contribution >= 4 is 11.9 Å². The molecule has 1 unspecified atom stereocenters. The number of carbonyl (C=O) groups is 2. The summed E-state index contributed by atoms with van der Waals surface area (Å²) in [5, 5.41) is 27.3. The van der Waals surface area contributed by atoms with Gasteiger partial charge in [0.1, 0.15) is 0 Å². The average molecular weight is 196 g/mol. The van der Waals surface area contributed by atoms with Crippen LogP contribution in [0.3, 0.4) is 0 Å². The molecule has 61 valence electrons. The monoisotopic (exact) mass is 195 g/mol. The maximum atomic E-state index is 9.58. The minimum atomic E-state index is -1.96. The van der Waals surface area contributed by atoms with Crippen molar-refractivity contribution in [2.24, 2.45) is 0 Å². The zero-order valence-corrected chi connectivity index (χ0v) is 5.61. The number of carboxylic acids is 2. The molecule has 6 heteroatoms. The molecule has 0 rings (SSSR count). The summed E-state index contributed by atoms with van der Waals surface area (Å²) in [5.41, 5.74) is 0. The summed E-state index contributed by atoms with van der Waals surface area (Å²) in [6.45, 7) is 0. The van der Waals surface area contributed by atoms with Crippen LogP contribution in [-0.4, -0.2) is 23.1 Å². The van der Waals surface area contributed by atoms with E-state index in [9.17, 15) is 19.8 Å². The van der Waals surface area contributed by atoms with E-state index in [1.807, 2.05) is 0 Å². The second kappa shape index (κ2) is 5.22. The molecule has 0 fully saturated rings. The van der Waals surface area contributed by atoms with E-state index in [0.29, 0.717) is 0 Å². The maximum Gasteiger partial charge on any atom is 2.00 e. The number of aliphatic hydroxyl groups is 1. The van der Waals surface area contributed by atoms with Crippen molar-refractivity contribution in [2.45, 2.75) is 12.5 Å². The molecule has 0 amide bonds. The van der Waals surface area contributed by atoms with Crippen LogP contribution in [0.4, 0.5) is 0 Å². The van der Waals surface area contributed by atoms with Gasteiger partial charge in [0, 0.05) is 12.4 Å². The van der Waals surface area contributed by atoms with E-state index in [1.165, 1.54) is 0 Å². The van der Waals surface area contributed by atoms with Crippen LogP contribution < -0.4 is 10.2 Å². The predicted molar refractivity (Wildman–Crippen MR) is 20.6 cm³/mol. The van der Waals surface area contributed by atoms with Gasteiger partial charge in [0.2, 0.25) is 0 Å². The molecule has 1 radical (unpaired) electrons. The fourth-order valence-corrected chi connectivity index (χ4v) is 0.241. The van der Waals surface area contributed by atoms with Crippen LogP contribution in [0.1, 0.15) is 6.42 Å². The molecule has 0 aromatic heterocycles. The van der Waals surface area contributed by atoms with Crippen molar-refractivity contribution in [1.82, 2.24) is 0 Å². The fourth-order valence-electron chi connectivity index (χ4n) is 0.241. The SMILES string of the molecule is O=C([O-])CC(O)C(=O)[O-].[Cu+2]. The van der Waals surface area contributed by atoms with Crippen LogP contribution in [0.5, 0.6) is 0 Å². The molecular weight excluding hydrogens is 192 g/mol. The Kier molecular flexibility index (Phi) is 6.34. The van der Waals surface area contributed by atoms with Crippen molar-refractivity contribution in [3.05, 3.63) is 0 Å². The van der Waals surface area contributed by atoms with Gasteiger partial charge in [-0.25, -0.2) is 0 Å². The van der Waals surface area contributed by atoms with Gasteiger partial charge in [0.15, 0.2) is 0 Å². The Morgan fingerprint density at radius 1 is 1.40 bits per heavy atom. The Hall–Kier alpha value is -0.581. The Morgan fingerprint density at radius 2 is 1.80 bits per heavy atom. The number of carbonyl (C=O) groups excluding carboxylic acids is 2. The van der Waals surface area contributed by atoms with Crippen molar-refractivity contribution in [1.29, 1.82) is 0 Å². The third kappa shape index (κ3) is 5.55. The summed E-state index contributed by atoms with van der Waals surface area (Å²) in [5.74, 6) is -3.43. The normalized spacial score (nSPS) is 11.3. The van der Waals surface area contributed by atoms with Crippen LogP contribution in [0.25, 0.3) is 0 Å². The minimum Gasteiger partial charge on any atom is -0.550 e. The number of hydrogen-bond acceptors (Lipinski definition) is 5. The number of rotatable bonds is 3. The summed E-state index contributed by atoms with van der Waals surface area (Å²) in [6.07, 6.45) is -2.89. The fraction of sp³-hybridized carbons (Fsp3) is 0.500. The molecule has 0 spiro atoms. The van der Waals surface area contributed by atoms with Gasteiger partial charge in [0.05, 0.1) is 12.1 Å². The summed E-state index contributed by atoms with van der Waals surface area (Å²) < 4.78 is 0. The second-order valence-corrected chi connectivity index (χ2v) is 1.41. The van der Waals surface area contributed by atoms with Crippen LogP contribution in [-0.2, 0) is 26.7 Å². The molecule has 0 bridgehead atoms. The molecule has 0 heterocycles. The first-order chi connectivity index (χ1) is 4.04. The van der Waals surface area contributed by atoms with Gasteiger partial charge in [-0.1, -0.05) is 0 Å². The van der Waals surface area contributed by atoms with Crippen molar-refractivity contribution in [3.8, 4) is 0 Å².